The number of carbonyl (C=O) groups excluding carboxylic acids is 1. The summed E-state index contributed by atoms with van der Waals surface area (Å²) in [4.78, 5) is 14.8. The van der Waals surface area contributed by atoms with Crippen molar-refractivity contribution in [2.45, 2.75) is 45.6 Å². The zero-order chi connectivity index (χ0) is 21.8. The summed E-state index contributed by atoms with van der Waals surface area (Å²) in [6.07, 6.45) is 6.82. The summed E-state index contributed by atoms with van der Waals surface area (Å²) >= 11 is 0. The average molecular weight is 423 g/mol. The second kappa shape index (κ2) is 9.52. The number of piperidine rings is 1. The van der Waals surface area contributed by atoms with E-state index in [4.69, 9.17) is 0 Å². The Balaban J connectivity index is 1.32. The van der Waals surface area contributed by atoms with Crippen molar-refractivity contribution in [1.29, 1.82) is 0 Å². The minimum atomic E-state index is -0.364. The Labute approximate surface area is 183 Å². The molecule has 0 saturated carbocycles. The maximum atomic E-state index is 13.4. The first-order valence-electron chi connectivity index (χ1n) is 11.2. The van der Waals surface area contributed by atoms with Crippen molar-refractivity contribution >= 4 is 28.5 Å². The van der Waals surface area contributed by atoms with E-state index in [-0.39, 0.29) is 11.7 Å². The number of hydrogen-bond acceptors (Lipinski definition) is 4. The molecule has 2 heterocycles. The highest BCUT2D eigenvalue weighted by Crippen LogP contribution is 2.32. The fourth-order valence-corrected chi connectivity index (χ4v) is 4.41. The number of benzene rings is 2. The first-order valence-corrected chi connectivity index (χ1v) is 11.2. The van der Waals surface area contributed by atoms with Gasteiger partial charge in [0.2, 0.25) is 0 Å². The minimum Gasteiger partial charge on any atom is -0.385 e. The zero-order valence-corrected chi connectivity index (χ0v) is 18.3. The summed E-state index contributed by atoms with van der Waals surface area (Å²) in [6, 6.07) is 11.2. The lowest BCUT2D eigenvalue weighted by molar-refractivity contribution is -0.110. The lowest BCUT2D eigenvalue weighted by Gasteiger charge is -2.33. The van der Waals surface area contributed by atoms with Crippen LogP contribution >= 0.6 is 0 Å². The van der Waals surface area contributed by atoms with Gasteiger partial charge in [0.25, 0.3) is 5.91 Å². The van der Waals surface area contributed by atoms with Crippen LogP contribution in [0.5, 0.6) is 0 Å². The molecule has 1 saturated heterocycles. The second-order valence-electron chi connectivity index (χ2n) is 8.54. The van der Waals surface area contributed by atoms with Crippen molar-refractivity contribution in [2.75, 3.05) is 35.6 Å². The number of hydrogen-bond donors (Lipinski definition) is 3. The fraction of sp³-hybridized carbons (Fsp3) is 0.400. The van der Waals surface area contributed by atoms with Gasteiger partial charge in [0.15, 0.2) is 0 Å². The highest BCUT2D eigenvalue weighted by molar-refractivity contribution is 6.31. The number of carbonyl (C=O) groups is 1. The van der Waals surface area contributed by atoms with E-state index in [1.807, 2.05) is 6.07 Å². The van der Waals surface area contributed by atoms with Gasteiger partial charge in [-0.05, 0) is 81.6 Å². The van der Waals surface area contributed by atoms with Crippen LogP contribution in [-0.4, -0.2) is 36.5 Å². The van der Waals surface area contributed by atoms with Crippen LogP contribution in [0, 0.1) is 12.7 Å². The first kappa shape index (κ1) is 21.4. The molecule has 0 aromatic heterocycles. The topological polar surface area (TPSA) is 56.4 Å². The normalized spacial score (nSPS) is 19.9. The zero-order valence-electron chi connectivity index (χ0n) is 18.3. The van der Waals surface area contributed by atoms with Crippen molar-refractivity contribution in [1.82, 2.24) is 4.90 Å². The van der Waals surface area contributed by atoms with E-state index in [1.54, 1.807) is 12.3 Å². The summed E-state index contributed by atoms with van der Waals surface area (Å²) in [5.41, 5.74) is 4.89. The third kappa shape index (κ3) is 5.07. The van der Waals surface area contributed by atoms with Crippen LogP contribution in [0.1, 0.15) is 43.7 Å². The molecule has 2 aromatic carbocycles. The lowest BCUT2D eigenvalue weighted by Crippen LogP contribution is -2.38. The Bertz CT molecular complexity index is 987. The molecular weight excluding hydrogens is 391 g/mol. The monoisotopic (exact) mass is 422 g/mol. The van der Waals surface area contributed by atoms with Crippen molar-refractivity contribution in [3.63, 3.8) is 0 Å². The van der Waals surface area contributed by atoms with E-state index in [2.05, 4.69) is 46.8 Å². The molecular formula is C25H31FN4O. The summed E-state index contributed by atoms with van der Waals surface area (Å²) in [5, 5.41) is 9.45. The van der Waals surface area contributed by atoms with Gasteiger partial charge in [0.05, 0.1) is 11.3 Å². The Kier molecular flexibility index (Phi) is 6.56. The smallest absolute Gasteiger partial charge is 0.257 e. The molecule has 3 N–H and O–H groups in total. The first-order chi connectivity index (χ1) is 15.0. The molecule has 5 nitrogen and oxygen atoms in total. The number of halogens is 1. The Hall–Kier alpha value is -2.86. The van der Waals surface area contributed by atoms with E-state index in [0.29, 0.717) is 22.9 Å². The van der Waals surface area contributed by atoms with Gasteiger partial charge in [-0.2, -0.15) is 0 Å². The fourth-order valence-electron chi connectivity index (χ4n) is 4.41. The molecule has 1 fully saturated rings. The maximum absolute atomic E-state index is 13.4. The average Bonchev–Trinajstić information content (AvgIpc) is 3.06. The van der Waals surface area contributed by atoms with Crippen molar-refractivity contribution in [3.05, 3.63) is 59.5 Å². The molecule has 6 heteroatoms. The van der Waals surface area contributed by atoms with Crippen molar-refractivity contribution < 1.29 is 9.18 Å². The van der Waals surface area contributed by atoms with Crippen molar-refractivity contribution in [2.24, 2.45) is 0 Å². The second-order valence-corrected chi connectivity index (χ2v) is 8.54. The van der Waals surface area contributed by atoms with E-state index in [0.717, 1.165) is 36.4 Å². The maximum Gasteiger partial charge on any atom is 0.257 e. The van der Waals surface area contributed by atoms with Crippen LogP contribution < -0.4 is 16.0 Å². The Morgan fingerprint density at radius 3 is 2.90 bits per heavy atom. The summed E-state index contributed by atoms with van der Waals surface area (Å²) in [6.45, 7) is 7.74. The highest BCUT2D eigenvalue weighted by atomic mass is 19.1. The molecule has 4 rings (SSSR count). The van der Waals surface area contributed by atoms with Crippen LogP contribution in [0.25, 0.3) is 5.57 Å². The number of rotatable bonds is 7. The quantitative estimate of drug-likeness (QED) is 0.423. The van der Waals surface area contributed by atoms with E-state index < -0.39 is 0 Å². The predicted molar refractivity (Wildman–Crippen MR) is 126 cm³/mol. The molecule has 0 radical (unpaired) electrons. The Morgan fingerprint density at radius 1 is 1.23 bits per heavy atom. The van der Waals surface area contributed by atoms with Gasteiger partial charge in [0.1, 0.15) is 5.82 Å². The van der Waals surface area contributed by atoms with Crippen molar-refractivity contribution in [3.8, 4) is 0 Å². The largest absolute Gasteiger partial charge is 0.385 e. The molecule has 0 aliphatic carbocycles. The van der Waals surface area contributed by atoms with Gasteiger partial charge in [0, 0.05) is 42.3 Å². The number of amides is 1. The predicted octanol–water partition coefficient (Wildman–Crippen LogP) is 5.22. The molecule has 2 aliphatic rings. The van der Waals surface area contributed by atoms with E-state index >= 15 is 0 Å². The molecule has 31 heavy (non-hydrogen) atoms. The molecule has 2 aromatic rings. The summed E-state index contributed by atoms with van der Waals surface area (Å²) in [5.74, 6) is -0.594. The van der Waals surface area contributed by atoms with Crippen LogP contribution in [0.4, 0.5) is 21.5 Å². The van der Waals surface area contributed by atoms with Crippen LogP contribution in [0.2, 0.25) is 0 Å². The molecule has 0 spiro atoms. The number of nitrogens with zero attached hydrogens (tertiary/aromatic N) is 1. The van der Waals surface area contributed by atoms with E-state index in [9.17, 15) is 9.18 Å². The number of anilines is 3. The van der Waals surface area contributed by atoms with Gasteiger partial charge in [-0.15, -0.1) is 0 Å². The van der Waals surface area contributed by atoms with Crippen LogP contribution in [-0.2, 0) is 4.79 Å². The molecule has 164 valence electrons. The molecule has 0 bridgehead atoms. The Morgan fingerprint density at radius 2 is 2.10 bits per heavy atom. The number of likely N-dealkylation sites (tertiary alicyclic amines) is 1. The van der Waals surface area contributed by atoms with Gasteiger partial charge < -0.3 is 20.9 Å². The van der Waals surface area contributed by atoms with Gasteiger partial charge in [-0.3, -0.25) is 4.79 Å². The third-order valence-electron chi connectivity index (χ3n) is 6.25. The summed E-state index contributed by atoms with van der Waals surface area (Å²) in [7, 11) is 0. The third-order valence-corrected chi connectivity index (χ3v) is 6.25. The van der Waals surface area contributed by atoms with E-state index in [1.165, 1.54) is 37.9 Å². The van der Waals surface area contributed by atoms with Gasteiger partial charge in [-0.25, -0.2) is 4.39 Å². The molecule has 1 atom stereocenters. The standard InChI is InChI=1S/C25H31FN4O/c1-17-14-20(28-16-22-21-9-7-19(26)15-24(21)29-25(22)31)8-10-23(17)27-11-5-13-30-12-4-3-6-18(30)2/h7-10,14-16,18,27-28H,3-6,11-13H2,1-2H3,(H,29,31)/b22-16-. The van der Waals surface area contributed by atoms with Gasteiger partial charge >= 0.3 is 0 Å². The van der Waals surface area contributed by atoms with Crippen LogP contribution in [0.3, 0.4) is 0 Å². The number of nitrogens with one attached hydrogen (secondary N) is 3. The minimum absolute atomic E-state index is 0.230. The molecule has 1 unspecified atom stereocenters. The van der Waals surface area contributed by atoms with Gasteiger partial charge in [-0.1, -0.05) is 6.42 Å². The highest BCUT2D eigenvalue weighted by Gasteiger charge is 2.24. The lowest BCUT2D eigenvalue weighted by atomic mass is 10.0. The molecule has 1 amide bonds. The van der Waals surface area contributed by atoms with Crippen LogP contribution in [0.15, 0.2) is 42.6 Å². The number of aryl methyl sites for hydroxylation is 1. The molecule has 2 aliphatic heterocycles. The SMILES string of the molecule is Cc1cc(N/C=C2\C(=O)Nc3cc(F)ccc32)ccc1NCCCN1CCCCC1C. The summed E-state index contributed by atoms with van der Waals surface area (Å²) < 4.78 is 13.4. The number of fused-ring (bicyclic) bond motifs is 1.